The zero-order chi connectivity index (χ0) is 12.2. The van der Waals surface area contributed by atoms with Gasteiger partial charge in [0, 0.05) is 31.7 Å². The molecule has 96 valence electrons. The lowest BCUT2D eigenvalue weighted by atomic mass is 9.73. The minimum absolute atomic E-state index is 0.146. The maximum Gasteiger partial charge on any atom is 0.0499 e. The SMILES string of the molecule is CCC(CC)(CO)CN1CC(CC)(CC)C1. The molecular weight excluding hydrogens is 198 g/mol. The predicted molar refractivity (Wildman–Crippen MR) is 69.6 cm³/mol. The van der Waals surface area contributed by atoms with E-state index >= 15 is 0 Å². The van der Waals surface area contributed by atoms with Crippen molar-refractivity contribution < 1.29 is 5.11 Å². The highest BCUT2D eigenvalue weighted by Gasteiger charge is 2.42. The molecule has 0 aromatic heterocycles. The minimum Gasteiger partial charge on any atom is -0.396 e. The molecule has 0 bridgehead atoms. The van der Waals surface area contributed by atoms with Crippen LogP contribution in [0.4, 0.5) is 0 Å². The zero-order valence-electron chi connectivity index (χ0n) is 11.6. The molecule has 1 fully saturated rings. The largest absolute Gasteiger partial charge is 0.396 e. The third-order valence-electron chi connectivity index (χ3n) is 5.01. The first-order valence-electron chi connectivity index (χ1n) is 6.92. The second-order valence-corrected chi connectivity index (χ2v) is 5.72. The average molecular weight is 227 g/mol. The summed E-state index contributed by atoms with van der Waals surface area (Å²) in [6.45, 7) is 12.9. The van der Waals surface area contributed by atoms with Crippen molar-refractivity contribution in [3.63, 3.8) is 0 Å². The Kier molecular flexibility index (Phi) is 4.81. The van der Waals surface area contributed by atoms with Crippen LogP contribution in [0.1, 0.15) is 53.4 Å². The Morgan fingerprint density at radius 1 is 1.06 bits per heavy atom. The molecule has 1 heterocycles. The fourth-order valence-electron chi connectivity index (χ4n) is 2.93. The molecule has 0 aliphatic carbocycles. The molecule has 0 unspecified atom stereocenters. The fourth-order valence-corrected chi connectivity index (χ4v) is 2.93. The monoisotopic (exact) mass is 227 g/mol. The van der Waals surface area contributed by atoms with Crippen LogP contribution in [0.3, 0.4) is 0 Å². The van der Waals surface area contributed by atoms with Crippen molar-refractivity contribution in [3.05, 3.63) is 0 Å². The van der Waals surface area contributed by atoms with Gasteiger partial charge in [-0.3, -0.25) is 0 Å². The first-order chi connectivity index (χ1) is 7.59. The molecule has 16 heavy (non-hydrogen) atoms. The molecule has 1 rings (SSSR count). The molecule has 1 saturated heterocycles. The Morgan fingerprint density at radius 2 is 1.56 bits per heavy atom. The van der Waals surface area contributed by atoms with E-state index in [0.717, 1.165) is 19.4 Å². The van der Waals surface area contributed by atoms with Gasteiger partial charge in [-0.25, -0.2) is 0 Å². The number of rotatable bonds is 7. The topological polar surface area (TPSA) is 23.5 Å². The highest BCUT2D eigenvalue weighted by Crippen LogP contribution is 2.39. The minimum atomic E-state index is 0.146. The van der Waals surface area contributed by atoms with Crippen LogP contribution < -0.4 is 0 Å². The van der Waals surface area contributed by atoms with Gasteiger partial charge in [-0.1, -0.05) is 27.7 Å². The smallest absolute Gasteiger partial charge is 0.0499 e. The third-order valence-corrected chi connectivity index (χ3v) is 5.01. The number of aliphatic hydroxyl groups is 1. The molecule has 1 aliphatic rings. The number of hydrogen-bond acceptors (Lipinski definition) is 2. The summed E-state index contributed by atoms with van der Waals surface area (Å²) in [6.07, 6.45) is 4.76. The van der Waals surface area contributed by atoms with Crippen molar-refractivity contribution in [2.75, 3.05) is 26.2 Å². The molecule has 2 heteroatoms. The highest BCUT2D eigenvalue weighted by molar-refractivity contribution is 4.95. The molecule has 0 amide bonds. The number of nitrogens with zero attached hydrogens (tertiary/aromatic N) is 1. The molecule has 0 aromatic rings. The van der Waals surface area contributed by atoms with Gasteiger partial charge in [0.1, 0.15) is 0 Å². The molecular formula is C14H29NO. The van der Waals surface area contributed by atoms with Crippen LogP contribution in [0.15, 0.2) is 0 Å². The van der Waals surface area contributed by atoms with E-state index in [2.05, 4.69) is 32.6 Å². The first-order valence-corrected chi connectivity index (χ1v) is 6.92. The van der Waals surface area contributed by atoms with Crippen molar-refractivity contribution in [1.29, 1.82) is 0 Å². The Bertz CT molecular complexity index is 191. The Hall–Kier alpha value is -0.0800. The van der Waals surface area contributed by atoms with Crippen LogP contribution >= 0.6 is 0 Å². The third kappa shape index (κ3) is 2.60. The lowest BCUT2D eigenvalue weighted by Gasteiger charge is -2.52. The Labute approximate surface area is 101 Å². The summed E-state index contributed by atoms with van der Waals surface area (Å²) >= 11 is 0. The van der Waals surface area contributed by atoms with E-state index in [4.69, 9.17) is 0 Å². The lowest BCUT2D eigenvalue weighted by Crippen LogP contribution is -2.58. The Morgan fingerprint density at radius 3 is 1.88 bits per heavy atom. The van der Waals surface area contributed by atoms with Crippen LogP contribution in [0, 0.1) is 10.8 Å². The molecule has 1 aliphatic heterocycles. The van der Waals surface area contributed by atoms with Crippen molar-refractivity contribution in [2.45, 2.75) is 53.4 Å². The normalized spacial score (nSPS) is 20.8. The van der Waals surface area contributed by atoms with Gasteiger partial charge in [-0.15, -0.1) is 0 Å². The molecule has 2 nitrogen and oxygen atoms in total. The first kappa shape index (κ1) is 14.0. The van der Waals surface area contributed by atoms with E-state index in [-0.39, 0.29) is 5.41 Å². The summed E-state index contributed by atoms with van der Waals surface area (Å²) in [7, 11) is 0. The molecule has 1 N–H and O–H groups in total. The van der Waals surface area contributed by atoms with Crippen LogP contribution in [-0.2, 0) is 0 Å². The van der Waals surface area contributed by atoms with Gasteiger partial charge in [-0.2, -0.15) is 0 Å². The maximum absolute atomic E-state index is 9.56. The highest BCUT2D eigenvalue weighted by atomic mass is 16.3. The summed E-state index contributed by atoms with van der Waals surface area (Å²) in [5, 5.41) is 9.56. The van der Waals surface area contributed by atoms with Crippen molar-refractivity contribution in [1.82, 2.24) is 4.90 Å². The maximum atomic E-state index is 9.56. The van der Waals surface area contributed by atoms with E-state index in [0.29, 0.717) is 12.0 Å². The molecule has 0 atom stereocenters. The van der Waals surface area contributed by atoms with E-state index in [1.165, 1.54) is 25.9 Å². The van der Waals surface area contributed by atoms with Crippen LogP contribution in [0.5, 0.6) is 0 Å². The predicted octanol–water partition coefficient (Wildman–Crippen LogP) is 2.91. The van der Waals surface area contributed by atoms with Gasteiger partial charge in [-0.05, 0) is 31.1 Å². The van der Waals surface area contributed by atoms with Gasteiger partial charge >= 0.3 is 0 Å². The van der Waals surface area contributed by atoms with E-state index in [1.54, 1.807) is 0 Å². The van der Waals surface area contributed by atoms with Crippen molar-refractivity contribution in [2.24, 2.45) is 10.8 Å². The fraction of sp³-hybridized carbons (Fsp3) is 1.00. The molecule has 0 saturated carbocycles. The molecule has 0 spiro atoms. The lowest BCUT2D eigenvalue weighted by molar-refractivity contribution is -0.0479. The second kappa shape index (κ2) is 5.50. The quantitative estimate of drug-likeness (QED) is 0.723. The second-order valence-electron chi connectivity index (χ2n) is 5.72. The van der Waals surface area contributed by atoms with Crippen molar-refractivity contribution >= 4 is 0 Å². The van der Waals surface area contributed by atoms with E-state index < -0.39 is 0 Å². The standard InChI is InChI=1S/C14H29NO/c1-5-13(6-2)9-15(10-13)11-14(7-3,8-4)12-16/h16H,5-12H2,1-4H3. The number of likely N-dealkylation sites (tertiary alicyclic amines) is 1. The number of hydrogen-bond donors (Lipinski definition) is 1. The van der Waals surface area contributed by atoms with Crippen LogP contribution in [0.25, 0.3) is 0 Å². The van der Waals surface area contributed by atoms with E-state index in [1.807, 2.05) is 0 Å². The Balaban J connectivity index is 2.46. The molecule has 0 aromatic carbocycles. The van der Waals surface area contributed by atoms with Crippen LogP contribution in [0.2, 0.25) is 0 Å². The number of aliphatic hydroxyl groups excluding tert-OH is 1. The van der Waals surface area contributed by atoms with Gasteiger partial charge in [0.25, 0.3) is 0 Å². The molecule has 0 radical (unpaired) electrons. The summed E-state index contributed by atoms with van der Waals surface area (Å²) in [5.74, 6) is 0. The summed E-state index contributed by atoms with van der Waals surface area (Å²) < 4.78 is 0. The summed E-state index contributed by atoms with van der Waals surface area (Å²) in [4.78, 5) is 2.54. The van der Waals surface area contributed by atoms with Gasteiger partial charge in [0.2, 0.25) is 0 Å². The average Bonchev–Trinajstić information content (AvgIpc) is 2.29. The van der Waals surface area contributed by atoms with Gasteiger partial charge in [0.05, 0.1) is 0 Å². The van der Waals surface area contributed by atoms with E-state index in [9.17, 15) is 5.11 Å². The summed E-state index contributed by atoms with van der Waals surface area (Å²) in [6, 6.07) is 0. The van der Waals surface area contributed by atoms with Gasteiger partial charge in [0.15, 0.2) is 0 Å². The van der Waals surface area contributed by atoms with Gasteiger partial charge < -0.3 is 10.0 Å². The van der Waals surface area contributed by atoms with Crippen molar-refractivity contribution in [3.8, 4) is 0 Å². The zero-order valence-corrected chi connectivity index (χ0v) is 11.6. The van der Waals surface area contributed by atoms with Crippen LogP contribution in [-0.4, -0.2) is 36.2 Å². The summed E-state index contributed by atoms with van der Waals surface area (Å²) in [5.41, 5.74) is 0.732.